The van der Waals surface area contributed by atoms with Crippen molar-refractivity contribution in [3.05, 3.63) is 0 Å². The second-order valence-electron chi connectivity index (χ2n) is 7.53. The van der Waals surface area contributed by atoms with Crippen LogP contribution in [-0.2, 0) is 14.2 Å². The van der Waals surface area contributed by atoms with Crippen molar-refractivity contribution >= 4 is 0 Å². The fourth-order valence-corrected chi connectivity index (χ4v) is 5.02. The largest absolute Gasteiger partial charge is 0.330 e. The number of hydrogen-bond donors (Lipinski definition) is 0. The molecule has 0 aromatic heterocycles. The molecule has 0 aliphatic heterocycles. The van der Waals surface area contributed by atoms with Crippen LogP contribution in [0.4, 0.5) is 0 Å². The maximum absolute atomic E-state index is 5.90. The standard InChI is InChI=1S/C21H42O3/c1-6-8-9-10-11-15-18-20(7-2,19-16-13-12-14-17-19)21(22-3,23-4)24-5/h19H,6-18H2,1-5H3. The Bertz CT molecular complexity index is 300. The molecule has 0 radical (unpaired) electrons. The quantitative estimate of drug-likeness (QED) is 0.290. The fourth-order valence-electron chi connectivity index (χ4n) is 5.02. The van der Waals surface area contributed by atoms with Crippen LogP contribution >= 0.6 is 0 Å². The third-order valence-electron chi connectivity index (χ3n) is 6.41. The van der Waals surface area contributed by atoms with E-state index in [1.54, 1.807) is 21.3 Å². The molecular weight excluding hydrogens is 300 g/mol. The van der Waals surface area contributed by atoms with Crippen LogP contribution < -0.4 is 0 Å². The highest BCUT2D eigenvalue weighted by molar-refractivity contribution is 4.94. The van der Waals surface area contributed by atoms with Gasteiger partial charge < -0.3 is 14.2 Å². The highest BCUT2D eigenvalue weighted by atomic mass is 16.9. The predicted molar refractivity (Wildman–Crippen MR) is 101 cm³/mol. The minimum atomic E-state index is -0.910. The number of rotatable bonds is 13. The summed E-state index contributed by atoms with van der Waals surface area (Å²) in [5.41, 5.74) is -0.0452. The lowest BCUT2D eigenvalue weighted by Crippen LogP contribution is -2.56. The molecule has 1 saturated carbocycles. The van der Waals surface area contributed by atoms with Gasteiger partial charge in [-0.2, -0.15) is 0 Å². The van der Waals surface area contributed by atoms with Gasteiger partial charge in [0, 0.05) is 21.3 Å². The van der Waals surface area contributed by atoms with Crippen molar-refractivity contribution in [3.63, 3.8) is 0 Å². The van der Waals surface area contributed by atoms with Gasteiger partial charge in [0.05, 0.1) is 5.41 Å². The second kappa shape index (κ2) is 11.5. The van der Waals surface area contributed by atoms with Crippen molar-refractivity contribution in [2.75, 3.05) is 21.3 Å². The van der Waals surface area contributed by atoms with E-state index < -0.39 is 5.97 Å². The Kier molecular flexibility index (Phi) is 10.5. The normalized spacial score (nSPS) is 19.4. The molecule has 0 saturated heterocycles. The van der Waals surface area contributed by atoms with Gasteiger partial charge in [0.25, 0.3) is 5.97 Å². The van der Waals surface area contributed by atoms with Crippen LogP contribution in [0.3, 0.4) is 0 Å². The van der Waals surface area contributed by atoms with Crippen molar-refractivity contribution in [1.82, 2.24) is 0 Å². The average Bonchev–Trinajstić information content (AvgIpc) is 2.65. The van der Waals surface area contributed by atoms with E-state index in [9.17, 15) is 0 Å². The Hall–Kier alpha value is -0.120. The van der Waals surface area contributed by atoms with E-state index in [1.807, 2.05) is 0 Å². The molecule has 144 valence electrons. The van der Waals surface area contributed by atoms with Crippen molar-refractivity contribution in [2.45, 2.75) is 103 Å². The van der Waals surface area contributed by atoms with Gasteiger partial charge in [-0.15, -0.1) is 0 Å². The molecule has 1 unspecified atom stereocenters. The maximum atomic E-state index is 5.90. The first-order chi connectivity index (χ1) is 11.7. The van der Waals surface area contributed by atoms with E-state index in [-0.39, 0.29) is 5.41 Å². The SMILES string of the molecule is CCCCCCCCC(CC)(C1CCCCC1)C(OC)(OC)OC. The van der Waals surface area contributed by atoms with E-state index in [2.05, 4.69) is 13.8 Å². The highest BCUT2D eigenvalue weighted by Gasteiger charge is 2.56. The zero-order valence-electron chi connectivity index (χ0n) is 17.0. The molecule has 1 rings (SSSR count). The van der Waals surface area contributed by atoms with Crippen LogP contribution in [0, 0.1) is 11.3 Å². The third kappa shape index (κ3) is 4.95. The molecule has 0 aromatic carbocycles. The predicted octanol–water partition coefficient (Wildman–Crippen LogP) is 6.31. The van der Waals surface area contributed by atoms with Gasteiger partial charge in [0.15, 0.2) is 0 Å². The van der Waals surface area contributed by atoms with Gasteiger partial charge in [-0.3, -0.25) is 0 Å². The smallest absolute Gasteiger partial charge is 0.288 e. The van der Waals surface area contributed by atoms with Gasteiger partial charge in [-0.25, -0.2) is 0 Å². The molecule has 24 heavy (non-hydrogen) atoms. The number of ether oxygens (including phenoxy) is 3. The first-order valence-corrected chi connectivity index (χ1v) is 10.3. The number of unbranched alkanes of at least 4 members (excludes halogenated alkanes) is 5. The van der Waals surface area contributed by atoms with Gasteiger partial charge in [-0.05, 0) is 31.6 Å². The molecule has 1 aliphatic rings. The van der Waals surface area contributed by atoms with Crippen LogP contribution in [0.15, 0.2) is 0 Å². The summed E-state index contributed by atoms with van der Waals surface area (Å²) >= 11 is 0. The monoisotopic (exact) mass is 342 g/mol. The molecular formula is C21H42O3. The van der Waals surface area contributed by atoms with E-state index in [0.717, 1.165) is 12.8 Å². The lowest BCUT2D eigenvalue weighted by Gasteiger charge is -2.52. The molecule has 3 heteroatoms. The van der Waals surface area contributed by atoms with E-state index in [0.29, 0.717) is 5.92 Å². The Morgan fingerprint density at radius 2 is 1.29 bits per heavy atom. The van der Waals surface area contributed by atoms with Crippen LogP contribution in [0.25, 0.3) is 0 Å². The van der Waals surface area contributed by atoms with E-state index >= 15 is 0 Å². The average molecular weight is 343 g/mol. The second-order valence-corrected chi connectivity index (χ2v) is 7.53. The topological polar surface area (TPSA) is 27.7 Å². The Labute approximate surface area is 150 Å². The summed E-state index contributed by atoms with van der Waals surface area (Å²) in [7, 11) is 5.21. The molecule has 0 aromatic rings. The summed E-state index contributed by atoms with van der Waals surface area (Å²) in [5, 5.41) is 0. The summed E-state index contributed by atoms with van der Waals surface area (Å²) < 4.78 is 17.7. The molecule has 1 fully saturated rings. The van der Waals surface area contributed by atoms with Crippen LogP contribution in [0.1, 0.15) is 97.3 Å². The molecule has 0 heterocycles. The summed E-state index contributed by atoms with van der Waals surface area (Å²) in [5.74, 6) is -0.278. The molecule has 0 N–H and O–H groups in total. The highest BCUT2D eigenvalue weighted by Crippen LogP contribution is 2.53. The molecule has 0 spiro atoms. The Balaban J connectivity index is 2.87. The van der Waals surface area contributed by atoms with Crippen LogP contribution in [0.5, 0.6) is 0 Å². The fraction of sp³-hybridized carbons (Fsp3) is 1.00. The van der Waals surface area contributed by atoms with E-state index in [4.69, 9.17) is 14.2 Å². The van der Waals surface area contributed by atoms with Gasteiger partial charge in [-0.1, -0.05) is 71.6 Å². The lowest BCUT2D eigenvalue weighted by molar-refractivity contribution is -0.419. The van der Waals surface area contributed by atoms with Crippen molar-refractivity contribution in [2.24, 2.45) is 11.3 Å². The van der Waals surface area contributed by atoms with Crippen LogP contribution in [0.2, 0.25) is 0 Å². The number of hydrogen-bond acceptors (Lipinski definition) is 3. The minimum Gasteiger partial charge on any atom is -0.330 e. The molecule has 1 atom stereocenters. The van der Waals surface area contributed by atoms with E-state index in [1.165, 1.54) is 70.6 Å². The zero-order valence-corrected chi connectivity index (χ0v) is 17.0. The Morgan fingerprint density at radius 3 is 1.79 bits per heavy atom. The zero-order chi connectivity index (χ0) is 17.9. The summed E-state index contributed by atoms with van der Waals surface area (Å²) in [6, 6.07) is 0. The molecule has 0 bridgehead atoms. The van der Waals surface area contributed by atoms with Crippen LogP contribution in [-0.4, -0.2) is 27.3 Å². The molecule has 1 aliphatic carbocycles. The number of methoxy groups -OCH3 is 3. The first-order valence-electron chi connectivity index (χ1n) is 10.3. The van der Waals surface area contributed by atoms with Crippen molar-refractivity contribution < 1.29 is 14.2 Å². The lowest BCUT2D eigenvalue weighted by atomic mass is 9.62. The molecule has 3 nitrogen and oxygen atoms in total. The maximum Gasteiger partial charge on any atom is 0.288 e. The van der Waals surface area contributed by atoms with Gasteiger partial charge >= 0.3 is 0 Å². The first kappa shape index (κ1) is 21.9. The third-order valence-corrected chi connectivity index (χ3v) is 6.41. The van der Waals surface area contributed by atoms with Gasteiger partial charge in [0.2, 0.25) is 0 Å². The Morgan fingerprint density at radius 1 is 0.750 bits per heavy atom. The summed E-state index contributed by atoms with van der Waals surface area (Å²) in [6.45, 7) is 4.56. The van der Waals surface area contributed by atoms with Crippen molar-refractivity contribution in [1.29, 1.82) is 0 Å². The minimum absolute atomic E-state index is 0.0452. The molecule has 0 amide bonds. The van der Waals surface area contributed by atoms with Gasteiger partial charge in [0.1, 0.15) is 0 Å². The summed E-state index contributed by atoms with van der Waals surface area (Å²) in [4.78, 5) is 0. The van der Waals surface area contributed by atoms with Crippen molar-refractivity contribution in [3.8, 4) is 0 Å². The summed E-state index contributed by atoms with van der Waals surface area (Å²) in [6.07, 6.45) is 16.7.